The van der Waals surface area contributed by atoms with Crippen LogP contribution in [0.1, 0.15) is 25.3 Å². The SMILES string of the molecule is CCNC(=NCc1cccnc1N1CCN(C)CC1)N1CCC(Oc2ccccc2)CC1.I. The number of aromatic nitrogens is 1. The molecule has 7 nitrogen and oxygen atoms in total. The highest BCUT2D eigenvalue weighted by atomic mass is 127. The zero-order chi connectivity index (χ0) is 22.2. The number of hydrogen-bond donors (Lipinski definition) is 1. The van der Waals surface area contributed by atoms with Crippen LogP contribution in [0.4, 0.5) is 5.82 Å². The van der Waals surface area contributed by atoms with E-state index < -0.39 is 0 Å². The Bertz CT molecular complexity index is 864. The molecule has 0 spiro atoms. The number of likely N-dealkylation sites (N-methyl/N-ethyl adjacent to an activating group) is 1. The van der Waals surface area contributed by atoms with Gasteiger partial charge in [0.15, 0.2) is 5.96 Å². The Morgan fingerprint density at radius 2 is 1.76 bits per heavy atom. The zero-order valence-corrected chi connectivity index (χ0v) is 22.2. The van der Waals surface area contributed by atoms with Gasteiger partial charge in [0.1, 0.15) is 17.7 Å². The zero-order valence-electron chi connectivity index (χ0n) is 19.8. The summed E-state index contributed by atoms with van der Waals surface area (Å²) in [7, 11) is 2.18. The first kappa shape index (κ1) is 25.6. The number of piperidine rings is 1. The minimum Gasteiger partial charge on any atom is -0.490 e. The summed E-state index contributed by atoms with van der Waals surface area (Å²) in [6.07, 6.45) is 4.15. The molecule has 0 bridgehead atoms. The second kappa shape index (κ2) is 13.0. The number of hydrogen-bond acceptors (Lipinski definition) is 5. The molecular formula is C25H37IN6O. The van der Waals surface area contributed by atoms with Crippen LogP contribution in [-0.2, 0) is 6.54 Å². The van der Waals surface area contributed by atoms with Crippen molar-refractivity contribution in [2.45, 2.75) is 32.4 Å². The smallest absolute Gasteiger partial charge is 0.194 e. The summed E-state index contributed by atoms with van der Waals surface area (Å²) >= 11 is 0. The first-order valence-corrected chi connectivity index (χ1v) is 11.8. The standard InChI is InChI=1S/C25H36N6O.HI/c1-3-26-25(31-14-11-23(12-15-31)32-22-9-5-4-6-10-22)28-20-21-8-7-13-27-24(21)30-18-16-29(2)17-19-30;/h4-10,13,23H,3,11-12,14-20H2,1-2H3,(H,26,28);1H. The molecule has 2 aliphatic heterocycles. The topological polar surface area (TPSA) is 56.2 Å². The third-order valence-electron chi connectivity index (χ3n) is 6.19. The lowest BCUT2D eigenvalue weighted by Gasteiger charge is -2.35. The Hall–Kier alpha value is -2.07. The Labute approximate surface area is 215 Å². The summed E-state index contributed by atoms with van der Waals surface area (Å²) in [5.41, 5.74) is 1.19. The predicted molar refractivity (Wildman–Crippen MR) is 146 cm³/mol. The Kier molecular flexibility index (Phi) is 10.1. The number of anilines is 1. The number of benzene rings is 1. The van der Waals surface area contributed by atoms with Crippen LogP contribution in [0, 0.1) is 0 Å². The number of rotatable bonds is 6. The van der Waals surface area contributed by atoms with E-state index in [-0.39, 0.29) is 30.1 Å². The third-order valence-corrected chi connectivity index (χ3v) is 6.19. The summed E-state index contributed by atoms with van der Waals surface area (Å²) in [6.45, 7) is 9.68. The molecule has 2 saturated heterocycles. The molecule has 0 amide bonds. The molecule has 33 heavy (non-hydrogen) atoms. The molecule has 4 rings (SSSR count). The number of halogens is 1. The van der Waals surface area contributed by atoms with Crippen molar-refractivity contribution in [1.29, 1.82) is 0 Å². The van der Waals surface area contributed by atoms with Crippen LogP contribution >= 0.6 is 24.0 Å². The molecule has 1 aromatic carbocycles. The monoisotopic (exact) mass is 564 g/mol. The fraction of sp³-hybridized carbons (Fsp3) is 0.520. The summed E-state index contributed by atoms with van der Waals surface area (Å²) in [5.74, 6) is 3.02. The normalized spacial score (nSPS) is 18.1. The summed E-state index contributed by atoms with van der Waals surface area (Å²) in [6, 6.07) is 14.3. The highest BCUT2D eigenvalue weighted by Gasteiger charge is 2.23. The Morgan fingerprint density at radius 3 is 2.45 bits per heavy atom. The van der Waals surface area contributed by atoms with Crippen molar-refractivity contribution in [2.24, 2.45) is 4.99 Å². The van der Waals surface area contributed by atoms with Gasteiger partial charge in [0.05, 0.1) is 6.54 Å². The van der Waals surface area contributed by atoms with E-state index in [1.165, 1.54) is 5.56 Å². The average Bonchev–Trinajstić information content (AvgIpc) is 2.84. The number of pyridine rings is 1. The van der Waals surface area contributed by atoms with Crippen LogP contribution in [0.25, 0.3) is 0 Å². The van der Waals surface area contributed by atoms with Crippen LogP contribution < -0.4 is 15.0 Å². The van der Waals surface area contributed by atoms with Gasteiger partial charge < -0.3 is 24.8 Å². The molecule has 0 atom stereocenters. The van der Waals surface area contributed by atoms with Crippen LogP contribution in [0.5, 0.6) is 5.75 Å². The molecule has 0 saturated carbocycles. The maximum Gasteiger partial charge on any atom is 0.194 e. The van der Waals surface area contributed by atoms with Crippen molar-refractivity contribution in [1.82, 2.24) is 20.1 Å². The number of para-hydroxylation sites is 1. The van der Waals surface area contributed by atoms with Crippen LogP contribution in [0.3, 0.4) is 0 Å². The summed E-state index contributed by atoms with van der Waals surface area (Å²) in [5, 5.41) is 3.49. The van der Waals surface area contributed by atoms with Gasteiger partial charge in [-0.15, -0.1) is 24.0 Å². The quantitative estimate of drug-likeness (QED) is 0.330. The fourth-order valence-corrected chi connectivity index (χ4v) is 4.32. The maximum absolute atomic E-state index is 6.16. The van der Waals surface area contributed by atoms with Crippen molar-refractivity contribution in [2.75, 3.05) is 57.8 Å². The van der Waals surface area contributed by atoms with Crippen molar-refractivity contribution in [3.8, 4) is 5.75 Å². The van der Waals surface area contributed by atoms with Gasteiger partial charge >= 0.3 is 0 Å². The van der Waals surface area contributed by atoms with E-state index in [2.05, 4.69) is 40.1 Å². The van der Waals surface area contributed by atoms with E-state index in [4.69, 9.17) is 14.7 Å². The van der Waals surface area contributed by atoms with Crippen LogP contribution in [0.15, 0.2) is 53.7 Å². The van der Waals surface area contributed by atoms with Crippen molar-refractivity contribution in [3.63, 3.8) is 0 Å². The number of piperazine rings is 1. The molecule has 0 aliphatic carbocycles. The van der Waals surface area contributed by atoms with Crippen LogP contribution in [0.2, 0.25) is 0 Å². The molecule has 0 radical (unpaired) electrons. The van der Waals surface area contributed by atoms with Gasteiger partial charge in [-0.1, -0.05) is 24.3 Å². The highest BCUT2D eigenvalue weighted by Crippen LogP contribution is 2.21. The van der Waals surface area contributed by atoms with Crippen molar-refractivity contribution < 1.29 is 4.74 Å². The van der Waals surface area contributed by atoms with Gasteiger partial charge in [-0.25, -0.2) is 9.98 Å². The number of aliphatic imine (C=N–C) groups is 1. The second-order valence-electron chi connectivity index (χ2n) is 8.56. The molecule has 2 fully saturated rings. The van der Waals surface area contributed by atoms with Gasteiger partial charge in [0.25, 0.3) is 0 Å². The van der Waals surface area contributed by atoms with Gasteiger partial charge in [-0.2, -0.15) is 0 Å². The van der Waals surface area contributed by atoms with E-state index in [0.717, 1.165) is 76.2 Å². The third kappa shape index (κ3) is 7.20. The first-order chi connectivity index (χ1) is 15.7. The van der Waals surface area contributed by atoms with E-state index in [9.17, 15) is 0 Å². The number of nitrogens with one attached hydrogen (secondary N) is 1. The molecule has 180 valence electrons. The maximum atomic E-state index is 6.16. The lowest BCUT2D eigenvalue weighted by molar-refractivity contribution is 0.129. The van der Waals surface area contributed by atoms with E-state index in [1.54, 1.807) is 0 Å². The van der Waals surface area contributed by atoms with Crippen molar-refractivity contribution in [3.05, 3.63) is 54.2 Å². The molecule has 1 aromatic heterocycles. The molecule has 8 heteroatoms. The molecule has 0 unspecified atom stereocenters. The average molecular weight is 565 g/mol. The number of likely N-dealkylation sites (tertiary alicyclic amines) is 1. The van der Waals surface area contributed by atoms with Gasteiger partial charge in [0.2, 0.25) is 0 Å². The molecule has 2 aliphatic rings. The molecule has 1 N–H and O–H groups in total. The molecular weight excluding hydrogens is 527 g/mol. The van der Waals surface area contributed by atoms with Gasteiger partial charge in [-0.05, 0) is 32.2 Å². The Balaban J connectivity index is 0.00000306. The Morgan fingerprint density at radius 1 is 1.03 bits per heavy atom. The minimum atomic E-state index is 0. The first-order valence-electron chi connectivity index (χ1n) is 11.8. The summed E-state index contributed by atoms with van der Waals surface area (Å²) in [4.78, 5) is 16.8. The summed E-state index contributed by atoms with van der Waals surface area (Å²) < 4.78 is 6.16. The van der Waals surface area contributed by atoms with E-state index in [0.29, 0.717) is 6.54 Å². The predicted octanol–water partition coefficient (Wildman–Crippen LogP) is 3.46. The molecule has 2 aromatic rings. The van der Waals surface area contributed by atoms with Gasteiger partial charge in [-0.3, -0.25) is 0 Å². The van der Waals surface area contributed by atoms with E-state index in [1.807, 2.05) is 42.6 Å². The minimum absolute atomic E-state index is 0. The lowest BCUT2D eigenvalue weighted by Crippen LogP contribution is -2.47. The van der Waals surface area contributed by atoms with Crippen molar-refractivity contribution >= 4 is 35.8 Å². The molecule has 3 heterocycles. The number of nitrogens with zero attached hydrogens (tertiary/aromatic N) is 5. The van der Waals surface area contributed by atoms with E-state index >= 15 is 0 Å². The fourth-order valence-electron chi connectivity index (χ4n) is 4.32. The number of guanidine groups is 1. The largest absolute Gasteiger partial charge is 0.490 e. The highest BCUT2D eigenvalue weighted by molar-refractivity contribution is 14.0. The van der Waals surface area contributed by atoms with Crippen LogP contribution in [-0.4, -0.2) is 79.7 Å². The number of ether oxygens (including phenoxy) is 1. The van der Waals surface area contributed by atoms with Gasteiger partial charge in [0, 0.05) is 70.4 Å². The lowest BCUT2D eigenvalue weighted by atomic mass is 10.1. The second-order valence-corrected chi connectivity index (χ2v) is 8.56.